The van der Waals surface area contributed by atoms with E-state index >= 15 is 0 Å². The number of hydrogen-bond acceptors (Lipinski definition) is 2. The fourth-order valence-corrected chi connectivity index (χ4v) is 2.79. The van der Waals surface area contributed by atoms with E-state index in [1.807, 2.05) is 4.90 Å². The Hall–Kier alpha value is -0.300. The summed E-state index contributed by atoms with van der Waals surface area (Å²) in [6.07, 6.45) is -2.79. The van der Waals surface area contributed by atoms with Crippen LogP contribution < -0.4 is 5.32 Å². The van der Waals surface area contributed by atoms with Gasteiger partial charge in [0.05, 0.1) is 4.47 Å². The highest BCUT2D eigenvalue weighted by Gasteiger charge is 2.28. The van der Waals surface area contributed by atoms with Crippen LogP contribution in [0.25, 0.3) is 0 Å². The first-order valence-corrected chi connectivity index (χ1v) is 7.05. The lowest BCUT2D eigenvalue weighted by atomic mass is 10.0. The van der Waals surface area contributed by atoms with Crippen molar-refractivity contribution >= 4 is 28.3 Å². The van der Waals surface area contributed by atoms with Gasteiger partial charge in [0.2, 0.25) is 6.43 Å². The summed E-state index contributed by atoms with van der Waals surface area (Å²) in [6, 6.07) is 4.29. The number of nitrogens with one attached hydrogen (secondary N) is 1. The summed E-state index contributed by atoms with van der Waals surface area (Å²) >= 11 is 3.11. The van der Waals surface area contributed by atoms with Crippen LogP contribution in [-0.4, -0.2) is 37.5 Å². The maximum atomic E-state index is 14.1. The zero-order valence-corrected chi connectivity index (χ0v) is 13.2. The number of nitrogens with zero attached hydrogens (tertiary/aromatic N) is 1. The zero-order chi connectivity index (χ0) is 13.8. The van der Waals surface area contributed by atoms with Crippen molar-refractivity contribution in [3.8, 4) is 0 Å². The molecule has 20 heavy (non-hydrogen) atoms. The molecule has 114 valence electrons. The number of hydrogen-bond donors (Lipinski definition) is 1. The maximum absolute atomic E-state index is 14.1. The first-order chi connectivity index (χ1) is 9.09. The number of piperazine rings is 1. The van der Waals surface area contributed by atoms with Crippen LogP contribution in [0, 0.1) is 5.82 Å². The lowest BCUT2D eigenvalue weighted by Gasteiger charge is -2.35. The van der Waals surface area contributed by atoms with Crippen molar-refractivity contribution in [1.29, 1.82) is 0 Å². The third-order valence-corrected chi connectivity index (χ3v) is 3.95. The van der Waals surface area contributed by atoms with Gasteiger partial charge < -0.3 is 5.32 Å². The fourth-order valence-electron chi connectivity index (χ4n) is 2.41. The van der Waals surface area contributed by atoms with Gasteiger partial charge in [0.1, 0.15) is 5.82 Å². The number of alkyl halides is 2. The molecule has 1 aliphatic rings. The topological polar surface area (TPSA) is 15.3 Å². The Morgan fingerprint density at radius 2 is 1.90 bits per heavy atom. The van der Waals surface area contributed by atoms with E-state index in [1.165, 1.54) is 0 Å². The third kappa shape index (κ3) is 4.35. The summed E-state index contributed by atoms with van der Waals surface area (Å²) in [6.45, 7) is 2.80. The molecule has 1 aromatic carbocycles. The fraction of sp³-hybridized carbons (Fsp3) is 0.538. The lowest BCUT2D eigenvalue weighted by molar-refractivity contribution is 0.0725. The molecule has 2 nitrogen and oxygen atoms in total. The molecule has 0 saturated carbocycles. The average molecular weight is 374 g/mol. The van der Waals surface area contributed by atoms with Gasteiger partial charge in [-0.1, -0.05) is 12.1 Å². The minimum atomic E-state index is -2.45. The van der Waals surface area contributed by atoms with E-state index in [-0.39, 0.29) is 18.8 Å². The molecule has 0 spiro atoms. The minimum Gasteiger partial charge on any atom is -0.314 e. The van der Waals surface area contributed by atoms with Gasteiger partial charge in [0, 0.05) is 44.2 Å². The first kappa shape index (κ1) is 17.8. The normalized spacial score (nSPS) is 17.9. The monoisotopic (exact) mass is 372 g/mol. The Balaban J connectivity index is 0.00000200. The van der Waals surface area contributed by atoms with Crippen LogP contribution in [-0.2, 0) is 0 Å². The molecule has 1 saturated heterocycles. The molecule has 1 N–H and O–H groups in total. The van der Waals surface area contributed by atoms with Crippen molar-refractivity contribution in [2.24, 2.45) is 0 Å². The van der Waals surface area contributed by atoms with E-state index in [0.717, 1.165) is 13.1 Å². The van der Waals surface area contributed by atoms with Crippen molar-refractivity contribution in [1.82, 2.24) is 10.2 Å². The van der Waals surface area contributed by atoms with E-state index in [9.17, 15) is 13.2 Å². The molecule has 0 bridgehead atoms. The molecule has 0 amide bonds. The standard InChI is InChI=1S/C13H16BrF3N2.ClH/c14-10-3-1-2-9(13(10)17)11(8-12(15)16)19-6-4-18-5-7-19;/h1-3,11-12,18H,4-8H2;1H/t11-;/m0./s1. The van der Waals surface area contributed by atoms with Gasteiger partial charge >= 0.3 is 0 Å². The molecule has 1 aromatic rings. The molecule has 0 aliphatic carbocycles. The van der Waals surface area contributed by atoms with Crippen LogP contribution in [0.15, 0.2) is 22.7 Å². The van der Waals surface area contributed by atoms with Gasteiger partial charge in [0.15, 0.2) is 0 Å². The van der Waals surface area contributed by atoms with Crippen LogP contribution in [0.1, 0.15) is 18.0 Å². The Morgan fingerprint density at radius 3 is 2.50 bits per heavy atom. The van der Waals surface area contributed by atoms with Gasteiger partial charge in [-0.3, -0.25) is 4.90 Å². The Bertz CT molecular complexity index is 428. The van der Waals surface area contributed by atoms with Crippen molar-refractivity contribution in [2.75, 3.05) is 26.2 Å². The van der Waals surface area contributed by atoms with Crippen molar-refractivity contribution in [3.63, 3.8) is 0 Å². The second-order valence-corrected chi connectivity index (χ2v) is 5.43. The summed E-state index contributed by atoms with van der Waals surface area (Å²) < 4.78 is 40.0. The predicted molar refractivity (Wildman–Crippen MR) is 79.2 cm³/mol. The summed E-state index contributed by atoms with van der Waals surface area (Å²) in [4.78, 5) is 1.92. The molecule has 7 heteroatoms. The maximum Gasteiger partial charge on any atom is 0.240 e. The van der Waals surface area contributed by atoms with Gasteiger partial charge in [-0.2, -0.15) is 0 Å². The average Bonchev–Trinajstić information content (AvgIpc) is 2.40. The molecule has 1 fully saturated rings. The van der Waals surface area contributed by atoms with Gasteiger partial charge in [0.25, 0.3) is 0 Å². The van der Waals surface area contributed by atoms with Crippen LogP contribution in [0.4, 0.5) is 13.2 Å². The van der Waals surface area contributed by atoms with Gasteiger partial charge in [-0.15, -0.1) is 12.4 Å². The molecule has 0 aromatic heterocycles. The van der Waals surface area contributed by atoms with E-state index in [0.29, 0.717) is 23.1 Å². The zero-order valence-electron chi connectivity index (χ0n) is 10.8. The smallest absolute Gasteiger partial charge is 0.240 e. The second kappa shape index (κ2) is 8.22. The Kier molecular flexibility index (Phi) is 7.29. The molecular formula is C13H17BrClF3N2. The molecule has 1 heterocycles. The van der Waals surface area contributed by atoms with Gasteiger partial charge in [-0.05, 0) is 22.0 Å². The van der Waals surface area contributed by atoms with Crippen molar-refractivity contribution in [2.45, 2.75) is 18.9 Å². The summed E-state index contributed by atoms with van der Waals surface area (Å²) in [7, 11) is 0. The van der Waals surface area contributed by atoms with Crippen LogP contribution >= 0.6 is 28.3 Å². The summed E-state index contributed by atoms with van der Waals surface area (Å²) in [5.41, 5.74) is 0.344. The van der Waals surface area contributed by atoms with E-state index in [2.05, 4.69) is 21.2 Å². The lowest BCUT2D eigenvalue weighted by Crippen LogP contribution is -2.45. The predicted octanol–water partition coefficient (Wildman–Crippen LogP) is 3.61. The molecular weight excluding hydrogens is 357 g/mol. The van der Waals surface area contributed by atoms with Gasteiger partial charge in [-0.25, -0.2) is 13.2 Å². The Labute approximate surface area is 131 Å². The largest absolute Gasteiger partial charge is 0.314 e. The third-order valence-electron chi connectivity index (χ3n) is 3.33. The van der Waals surface area contributed by atoms with E-state index in [4.69, 9.17) is 0 Å². The molecule has 0 radical (unpaired) electrons. The highest BCUT2D eigenvalue weighted by molar-refractivity contribution is 9.10. The highest BCUT2D eigenvalue weighted by atomic mass is 79.9. The first-order valence-electron chi connectivity index (χ1n) is 6.26. The number of rotatable bonds is 4. The van der Waals surface area contributed by atoms with E-state index in [1.54, 1.807) is 18.2 Å². The summed E-state index contributed by atoms with van der Waals surface area (Å²) in [5, 5.41) is 3.17. The summed E-state index contributed by atoms with van der Waals surface area (Å²) in [5.74, 6) is -0.438. The number of benzene rings is 1. The molecule has 1 atom stereocenters. The van der Waals surface area contributed by atoms with Crippen LogP contribution in [0.3, 0.4) is 0 Å². The van der Waals surface area contributed by atoms with Crippen molar-refractivity contribution in [3.05, 3.63) is 34.1 Å². The molecule has 2 rings (SSSR count). The highest BCUT2D eigenvalue weighted by Crippen LogP contribution is 2.32. The number of halogens is 5. The van der Waals surface area contributed by atoms with Crippen LogP contribution in [0.2, 0.25) is 0 Å². The Morgan fingerprint density at radius 1 is 1.25 bits per heavy atom. The second-order valence-electron chi connectivity index (χ2n) is 4.57. The quantitative estimate of drug-likeness (QED) is 0.867. The molecule has 0 unspecified atom stereocenters. The minimum absolute atomic E-state index is 0. The molecule has 1 aliphatic heterocycles. The SMILES string of the molecule is Cl.Fc1c(Br)cccc1[C@H](CC(F)F)N1CCNCC1. The van der Waals surface area contributed by atoms with Crippen molar-refractivity contribution < 1.29 is 13.2 Å². The van der Waals surface area contributed by atoms with E-state index < -0.39 is 18.3 Å². The van der Waals surface area contributed by atoms with Crippen LogP contribution in [0.5, 0.6) is 0 Å².